The molecule has 0 spiro atoms. The first-order valence-electron chi connectivity index (χ1n) is 11.3. The third-order valence-corrected chi connectivity index (χ3v) is 6.65. The van der Waals surface area contributed by atoms with Gasteiger partial charge in [0.25, 0.3) is 0 Å². The average molecular weight is 460 g/mol. The summed E-state index contributed by atoms with van der Waals surface area (Å²) in [5.41, 5.74) is 4.91. The number of nitrogens with one attached hydrogen (secondary N) is 1. The fourth-order valence-corrected chi connectivity index (χ4v) is 4.73. The number of fused-ring (bicyclic) bond motifs is 1. The molecule has 3 heterocycles. The molecule has 2 aromatic heterocycles. The molecule has 0 atom stereocenters. The van der Waals surface area contributed by atoms with E-state index in [1.165, 1.54) is 5.56 Å². The molecule has 0 bridgehead atoms. The molecule has 0 amide bonds. The van der Waals surface area contributed by atoms with Crippen molar-refractivity contribution in [3.05, 3.63) is 71.4 Å². The van der Waals surface area contributed by atoms with E-state index in [0.29, 0.717) is 11.1 Å². The summed E-state index contributed by atoms with van der Waals surface area (Å²) in [6.45, 7) is 2.96. The van der Waals surface area contributed by atoms with Crippen molar-refractivity contribution >= 4 is 36.4 Å². The number of likely N-dealkylation sites (tertiary alicyclic amines) is 1. The number of anilines is 1. The molecule has 1 saturated heterocycles. The highest BCUT2D eigenvalue weighted by Crippen LogP contribution is 2.29. The molecule has 1 aliphatic rings. The SMILES string of the molecule is Bc1cnn2c(NC3CCN(Cc4ccccc4OC)CC3)cc(-c3ccccc3Cl)nc12. The number of para-hydroxylation sites is 1. The van der Waals surface area contributed by atoms with Crippen LogP contribution in [0.3, 0.4) is 0 Å². The number of halogens is 1. The van der Waals surface area contributed by atoms with Crippen LogP contribution in [0.25, 0.3) is 16.9 Å². The summed E-state index contributed by atoms with van der Waals surface area (Å²) >= 11 is 6.47. The Balaban J connectivity index is 1.33. The second kappa shape index (κ2) is 9.45. The van der Waals surface area contributed by atoms with Gasteiger partial charge in [0.15, 0.2) is 5.65 Å². The van der Waals surface area contributed by atoms with Gasteiger partial charge in [0.05, 0.1) is 12.8 Å². The van der Waals surface area contributed by atoms with Crippen molar-refractivity contribution in [3.8, 4) is 17.0 Å². The fourth-order valence-electron chi connectivity index (χ4n) is 4.50. The molecule has 33 heavy (non-hydrogen) atoms. The van der Waals surface area contributed by atoms with E-state index in [2.05, 4.69) is 33.5 Å². The van der Waals surface area contributed by atoms with Crippen LogP contribution in [0.15, 0.2) is 60.8 Å². The molecule has 168 valence electrons. The van der Waals surface area contributed by atoms with Crippen LogP contribution in [-0.2, 0) is 6.54 Å². The number of rotatable bonds is 6. The molecular formula is C25H27BClN5O. The van der Waals surface area contributed by atoms with Crippen LogP contribution in [0, 0.1) is 0 Å². The van der Waals surface area contributed by atoms with Crippen molar-refractivity contribution < 1.29 is 4.74 Å². The summed E-state index contributed by atoms with van der Waals surface area (Å²) in [6, 6.07) is 18.5. The van der Waals surface area contributed by atoms with Gasteiger partial charge < -0.3 is 10.1 Å². The summed E-state index contributed by atoms with van der Waals surface area (Å²) in [7, 11) is 3.77. The van der Waals surface area contributed by atoms with Crippen LogP contribution >= 0.6 is 11.6 Å². The number of methoxy groups -OCH3 is 1. The van der Waals surface area contributed by atoms with Crippen molar-refractivity contribution in [2.45, 2.75) is 25.4 Å². The Morgan fingerprint density at radius 3 is 2.67 bits per heavy atom. The van der Waals surface area contributed by atoms with Gasteiger partial charge in [0, 0.05) is 54.1 Å². The number of hydrogen-bond acceptors (Lipinski definition) is 5. The molecule has 1 fully saturated rings. The van der Waals surface area contributed by atoms with Gasteiger partial charge in [-0.3, -0.25) is 4.90 Å². The number of hydrogen-bond donors (Lipinski definition) is 1. The van der Waals surface area contributed by atoms with Gasteiger partial charge in [-0.15, -0.1) is 0 Å². The zero-order valence-corrected chi connectivity index (χ0v) is 19.7. The molecule has 5 rings (SSSR count). The molecule has 1 aliphatic heterocycles. The predicted molar refractivity (Wildman–Crippen MR) is 137 cm³/mol. The normalized spacial score (nSPS) is 15.1. The van der Waals surface area contributed by atoms with Gasteiger partial charge in [0.2, 0.25) is 0 Å². The Kier molecular flexibility index (Phi) is 6.25. The number of nitrogens with zero attached hydrogens (tertiary/aromatic N) is 4. The van der Waals surface area contributed by atoms with E-state index in [4.69, 9.17) is 21.3 Å². The molecular weight excluding hydrogens is 433 g/mol. The van der Waals surface area contributed by atoms with Crippen LogP contribution in [0.2, 0.25) is 5.02 Å². The summed E-state index contributed by atoms with van der Waals surface area (Å²) in [6.07, 6.45) is 3.97. The van der Waals surface area contributed by atoms with Crippen molar-refractivity contribution in [3.63, 3.8) is 0 Å². The van der Waals surface area contributed by atoms with E-state index in [-0.39, 0.29) is 0 Å². The van der Waals surface area contributed by atoms with Gasteiger partial charge in [-0.05, 0) is 30.4 Å². The van der Waals surface area contributed by atoms with Gasteiger partial charge in [-0.25, -0.2) is 4.98 Å². The molecule has 2 aromatic carbocycles. The minimum Gasteiger partial charge on any atom is -0.496 e. The van der Waals surface area contributed by atoms with E-state index in [9.17, 15) is 0 Å². The van der Waals surface area contributed by atoms with Crippen molar-refractivity contribution in [1.29, 1.82) is 0 Å². The summed E-state index contributed by atoms with van der Waals surface area (Å²) in [4.78, 5) is 7.34. The Bertz CT molecular complexity index is 1270. The molecule has 0 radical (unpaired) electrons. The van der Waals surface area contributed by atoms with Gasteiger partial charge in [-0.2, -0.15) is 9.61 Å². The molecule has 8 heteroatoms. The predicted octanol–water partition coefficient (Wildman–Crippen LogP) is 3.39. The Labute approximate surface area is 199 Å². The fraction of sp³-hybridized carbons (Fsp3) is 0.280. The number of aromatic nitrogens is 3. The lowest BCUT2D eigenvalue weighted by molar-refractivity contribution is 0.208. The van der Waals surface area contributed by atoms with Crippen molar-refractivity contribution in [2.24, 2.45) is 0 Å². The van der Waals surface area contributed by atoms with Crippen LogP contribution in [0.1, 0.15) is 18.4 Å². The second-order valence-corrected chi connectivity index (χ2v) is 8.98. The highest BCUT2D eigenvalue weighted by Gasteiger charge is 2.22. The third kappa shape index (κ3) is 4.56. The molecule has 1 N–H and O–H groups in total. The summed E-state index contributed by atoms with van der Waals surface area (Å²) in [5, 5.41) is 9.00. The second-order valence-electron chi connectivity index (χ2n) is 8.58. The number of ether oxygens (including phenoxy) is 1. The minimum atomic E-state index is 0.369. The number of benzene rings is 2. The van der Waals surface area contributed by atoms with E-state index in [1.54, 1.807) is 7.11 Å². The standard InChI is InChI=1S/C25H27BClN5O/c1-33-23-9-5-2-6-17(23)16-31-12-10-18(11-13-31)29-24-14-22(19-7-3-4-8-21(19)27)30-25-20(26)15-28-32(24)25/h2-9,14-15,18,29H,10-13,16,26H2,1H3. The van der Waals surface area contributed by atoms with E-state index in [0.717, 1.165) is 66.4 Å². The first-order valence-corrected chi connectivity index (χ1v) is 11.7. The molecule has 0 unspecified atom stereocenters. The Morgan fingerprint density at radius 1 is 1.12 bits per heavy atom. The smallest absolute Gasteiger partial charge is 0.151 e. The average Bonchev–Trinajstić information content (AvgIpc) is 3.22. The molecule has 0 saturated carbocycles. The Hall–Kier alpha value is -3.03. The maximum absolute atomic E-state index is 6.47. The molecule has 6 nitrogen and oxygen atoms in total. The van der Waals surface area contributed by atoms with E-state index >= 15 is 0 Å². The Morgan fingerprint density at radius 2 is 1.88 bits per heavy atom. The zero-order valence-electron chi connectivity index (χ0n) is 19.0. The van der Waals surface area contributed by atoms with Crippen molar-refractivity contribution in [2.75, 3.05) is 25.5 Å². The highest BCUT2D eigenvalue weighted by molar-refractivity contribution is 6.36. The van der Waals surface area contributed by atoms with Crippen LogP contribution < -0.4 is 15.5 Å². The van der Waals surface area contributed by atoms with Crippen molar-refractivity contribution in [1.82, 2.24) is 19.5 Å². The minimum absolute atomic E-state index is 0.369. The van der Waals surface area contributed by atoms with Crippen LogP contribution in [-0.4, -0.2) is 53.6 Å². The van der Waals surface area contributed by atoms with E-state index in [1.807, 2.05) is 55.0 Å². The lowest BCUT2D eigenvalue weighted by Crippen LogP contribution is -2.39. The largest absolute Gasteiger partial charge is 0.496 e. The molecule has 4 aromatic rings. The maximum atomic E-state index is 6.47. The lowest BCUT2D eigenvalue weighted by atomic mass is 10.0. The monoisotopic (exact) mass is 459 g/mol. The lowest BCUT2D eigenvalue weighted by Gasteiger charge is -2.33. The number of piperidine rings is 1. The van der Waals surface area contributed by atoms with Crippen LogP contribution in [0.4, 0.5) is 5.82 Å². The third-order valence-electron chi connectivity index (χ3n) is 6.32. The van der Waals surface area contributed by atoms with Crippen LogP contribution in [0.5, 0.6) is 5.75 Å². The zero-order chi connectivity index (χ0) is 22.8. The first kappa shape index (κ1) is 21.8. The van der Waals surface area contributed by atoms with Gasteiger partial charge in [-0.1, -0.05) is 48.0 Å². The topological polar surface area (TPSA) is 54.7 Å². The maximum Gasteiger partial charge on any atom is 0.151 e. The first-order chi connectivity index (χ1) is 16.1. The van der Waals surface area contributed by atoms with E-state index < -0.39 is 0 Å². The molecule has 0 aliphatic carbocycles. The van der Waals surface area contributed by atoms with Gasteiger partial charge >= 0.3 is 0 Å². The summed E-state index contributed by atoms with van der Waals surface area (Å²) < 4.78 is 7.42. The quantitative estimate of drug-likeness (QED) is 0.448. The highest BCUT2D eigenvalue weighted by atomic mass is 35.5. The van der Waals surface area contributed by atoms with Gasteiger partial charge in [0.1, 0.15) is 19.4 Å². The summed E-state index contributed by atoms with van der Waals surface area (Å²) in [5.74, 6) is 1.91.